The molecule has 0 aliphatic carbocycles. The van der Waals surface area contributed by atoms with Crippen LogP contribution in [0.25, 0.3) is 11.0 Å². The summed E-state index contributed by atoms with van der Waals surface area (Å²) in [5.41, 5.74) is 2.11. The van der Waals surface area contributed by atoms with Crippen molar-refractivity contribution in [2.45, 2.75) is 19.1 Å². The van der Waals surface area contributed by atoms with Gasteiger partial charge in [-0.05, 0) is 19.1 Å². The van der Waals surface area contributed by atoms with Gasteiger partial charge in [0.1, 0.15) is 5.82 Å². The molecule has 2 atom stereocenters. The number of aliphatic hydroxyl groups is 1. The van der Waals surface area contributed by atoms with Gasteiger partial charge < -0.3 is 19.7 Å². The lowest BCUT2D eigenvalue weighted by Crippen LogP contribution is -2.32. The minimum absolute atomic E-state index is 0.0731. The number of aryl methyl sites for hydroxylation is 1. The molecule has 0 spiro atoms. The first-order valence-electron chi connectivity index (χ1n) is 6.45. The van der Waals surface area contributed by atoms with Crippen LogP contribution in [0.4, 0.5) is 0 Å². The summed E-state index contributed by atoms with van der Waals surface area (Å²) in [4.78, 5) is 4.62. The third-order valence-electron chi connectivity index (χ3n) is 3.23. The van der Waals surface area contributed by atoms with E-state index in [0.29, 0.717) is 13.2 Å². The van der Waals surface area contributed by atoms with E-state index in [1.165, 1.54) is 0 Å². The molecule has 0 saturated carbocycles. The normalized spacial score (nSPS) is 14.7. The molecule has 104 valence electrons. The first-order chi connectivity index (χ1) is 9.13. The van der Waals surface area contributed by atoms with Crippen molar-refractivity contribution in [1.82, 2.24) is 14.9 Å². The second-order valence-corrected chi connectivity index (χ2v) is 4.76. The van der Waals surface area contributed by atoms with Crippen LogP contribution in [0.5, 0.6) is 0 Å². The fraction of sp³-hybridized carbons (Fsp3) is 0.500. The Balaban J connectivity index is 2.09. The summed E-state index contributed by atoms with van der Waals surface area (Å²) in [6.45, 7) is 2.86. The largest absolute Gasteiger partial charge is 0.389 e. The van der Waals surface area contributed by atoms with Crippen molar-refractivity contribution >= 4 is 11.0 Å². The Kier molecular flexibility index (Phi) is 4.52. The number of aromatic nitrogens is 2. The van der Waals surface area contributed by atoms with Crippen LogP contribution in [-0.2, 0) is 11.8 Å². The quantitative estimate of drug-likeness (QED) is 0.823. The summed E-state index contributed by atoms with van der Waals surface area (Å²) in [5, 5.41) is 12.9. The van der Waals surface area contributed by atoms with Gasteiger partial charge in [-0.1, -0.05) is 12.1 Å². The van der Waals surface area contributed by atoms with E-state index in [9.17, 15) is 5.11 Å². The molecule has 0 amide bonds. The van der Waals surface area contributed by atoms with Gasteiger partial charge in [0.05, 0.1) is 29.8 Å². The molecule has 0 bridgehead atoms. The zero-order valence-corrected chi connectivity index (χ0v) is 11.6. The molecule has 0 radical (unpaired) electrons. The fourth-order valence-electron chi connectivity index (χ4n) is 2.21. The maximum absolute atomic E-state index is 9.64. The minimum atomic E-state index is -0.498. The summed E-state index contributed by atoms with van der Waals surface area (Å²) in [6, 6.07) is 8.13. The van der Waals surface area contributed by atoms with Gasteiger partial charge in [0.25, 0.3) is 0 Å². The fourth-order valence-corrected chi connectivity index (χ4v) is 2.21. The lowest BCUT2D eigenvalue weighted by molar-refractivity contribution is 0.0628. The van der Waals surface area contributed by atoms with E-state index in [4.69, 9.17) is 4.74 Å². The Labute approximate surface area is 113 Å². The highest BCUT2D eigenvalue weighted by Crippen LogP contribution is 2.18. The van der Waals surface area contributed by atoms with Crippen LogP contribution in [0.2, 0.25) is 0 Å². The van der Waals surface area contributed by atoms with E-state index in [0.717, 1.165) is 16.9 Å². The molecule has 1 aromatic heterocycles. The second-order valence-electron chi connectivity index (χ2n) is 4.76. The lowest BCUT2D eigenvalue weighted by atomic mass is 10.3. The van der Waals surface area contributed by atoms with Crippen molar-refractivity contribution in [3.63, 3.8) is 0 Å². The molecule has 1 unspecified atom stereocenters. The molecule has 1 aromatic carbocycles. The van der Waals surface area contributed by atoms with Crippen LogP contribution in [0, 0.1) is 0 Å². The summed E-state index contributed by atoms with van der Waals surface area (Å²) in [5.74, 6) is 0.964. The maximum Gasteiger partial charge on any atom is 0.126 e. The molecule has 0 aliphatic rings. The van der Waals surface area contributed by atoms with Crippen LogP contribution >= 0.6 is 0 Å². The van der Waals surface area contributed by atoms with E-state index in [1.54, 1.807) is 7.11 Å². The number of aliphatic hydroxyl groups excluding tert-OH is 1. The molecular formula is C14H21N3O2. The van der Waals surface area contributed by atoms with Gasteiger partial charge in [-0.2, -0.15) is 0 Å². The topological polar surface area (TPSA) is 59.3 Å². The second kappa shape index (κ2) is 6.14. The summed E-state index contributed by atoms with van der Waals surface area (Å²) in [6.07, 6.45) is -0.498. The van der Waals surface area contributed by atoms with E-state index in [-0.39, 0.29) is 6.04 Å². The van der Waals surface area contributed by atoms with Crippen molar-refractivity contribution in [2.75, 3.05) is 20.3 Å². The van der Waals surface area contributed by atoms with E-state index < -0.39 is 6.10 Å². The van der Waals surface area contributed by atoms with Gasteiger partial charge in [-0.3, -0.25) is 0 Å². The zero-order valence-electron chi connectivity index (χ0n) is 11.6. The molecule has 0 aliphatic heterocycles. The van der Waals surface area contributed by atoms with Crippen molar-refractivity contribution in [1.29, 1.82) is 0 Å². The minimum Gasteiger partial charge on any atom is -0.389 e. The number of nitrogens with zero attached hydrogens (tertiary/aromatic N) is 2. The van der Waals surface area contributed by atoms with Crippen LogP contribution in [-0.4, -0.2) is 41.0 Å². The van der Waals surface area contributed by atoms with Crippen molar-refractivity contribution < 1.29 is 9.84 Å². The SMILES string of the molecule is COC[C@@H](O)CNC(C)c1nc2ccccc2n1C. The summed E-state index contributed by atoms with van der Waals surface area (Å²) >= 11 is 0. The Morgan fingerprint density at radius 3 is 2.84 bits per heavy atom. The van der Waals surface area contributed by atoms with E-state index in [2.05, 4.69) is 20.9 Å². The lowest BCUT2D eigenvalue weighted by Gasteiger charge is -2.16. The number of benzene rings is 1. The van der Waals surface area contributed by atoms with Gasteiger partial charge in [-0.25, -0.2) is 4.98 Å². The first kappa shape index (κ1) is 14.0. The highest BCUT2D eigenvalue weighted by atomic mass is 16.5. The molecule has 0 saturated heterocycles. The van der Waals surface area contributed by atoms with Gasteiger partial charge >= 0.3 is 0 Å². The molecular weight excluding hydrogens is 242 g/mol. The Bertz CT molecular complexity index is 538. The molecule has 2 rings (SSSR count). The molecule has 19 heavy (non-hydrogen) atoms. The molecule has 2 N–H and O–H groups in total. The van der Waals surface area contributed by atoms with E-state index in [1.807, 2.05) is 32.2 Å². The number of hydrogen-bond acceptors (Lipinski definition) is 4. The average Bonchev–Trinajstić information content (AvgIpc) is 2.74. The third-order valence-corrected chi connectivity index (χ3v) is 3.23. The first-order valence-corrected chi connectivity index (χ1v) is 6.45. The van der Waals surface area contributed by atoms with Gasteiger partial charge in [0.15, 0.2) is 0 Å². The van der Waals surface area contributed by atoms with Crippen LogP contribution in [0.1, 0.15) is 18.8 Å². The third kappa shape index (κ3) is 3.12. The number of imidazole rings is 1. The van der Waals surface area contributed by atoms with E-state index >= 15 is 0 Å². The maximum atomic E-state index is 9.64. The number of nitrogens with one attached hydrogen (secondary N) is 1. The summed E-state index contributed by atoms with van der Waals surface area (Å²) < 4.78 is 6.98. The monoisotopic (exact) mass is 263 g/mol. The molecule has 5 heteroatoms. The number of hydrogen-bond donors (Lipinski definition) is 2. The Hall–Kier alpha value is -1.43. The van der Waals surface area contributed by atoms with Gasteiger partial charge in [0, 0.05) is 20.7 Å². The number of methoxy groups -OCH3 is 1. The van der Waals surface area contributed by atoms with Gasteiger partial charge in [0.2, 0.25) is 0 Å². The Morgan fingerprint density at radius 1 is 1.42 bits per heavy atom. The molecule has 2 aromatic rings. The van der Waals surface area contributed by atoms with Crippen molar-refractivity contribution in [3.05, 3.63) is 30.1 Å². The van der Waals surface area contributed by atoms with Crippen LogP contribution in [0.3, 0.4) is 0 Å². The highest BCUT2D eigenvalue weighted by Gasteiger charge is 2.15. The smallest absolute Gasteiger partial charge is 0.126 e. The number of fused-ring (bicyclic) bond motifs is 1. The number of ether oxygens (including phenoxy) is 1. The predicted molar refractivity (Wildman–Crippen MR) is 75.0 cm³/mol. The average molecular weight is 263 g/mol. The van der Waals surface area contributed by atoms with Crippen LogP contribution in [0.15, 0.2) is 24.3 Å². The highest BCUT2D eigenvalue weighted by molar-refractivity contribution is 5.75. The number of rotatable bonds is 6. The van der Waals surface area contributed by atoms with Crippen LogP contribution < -0.4 is 5.32 Å². The van der Waals surface area contributed by atoms with Gasteiger partial charge in [-0.15, -0.1) is 0 Å². The standard InChI is InChI=1S/C14H21N3O2/c1-10(15-8-11(18)9-19-3)14-16-12-6-4-5-7-13(12)17(14)2/h4-7,10-11,15,18H,8-9H2,1-3H3/t10?,11-/m0/s1. The summed E-state index contributed by atoms with van der Waals surface area (Å²) in [7, 11) is 3.59. The Morgan fingerprint density at radius 2 is 2.16 bits per heavy atom. The molecule has 0 fully saturated rings. The molecule has 1 heterocycles. The molecule has 5 nitrogen and oxygen atoms in total. The zero-order chi connectivity index (χ0) is 13.8. The number of para-hydroxylation sites is 2. The van der Waals surface area contributed by atoms with Crippen molar-refractivity contribution in [3.8, 4) is 0 Å². The van der Waals surface area contributed by atoms with Crippen molar-refractivity contribution in [2.24, 2.45) is 7.05 Å². The predicted octanol–water partition coefficient (Wildman–Crippen LogP) is 1.23.